The number of carbonyl (C=O) groups excluding carboxylic acids is 1. The molecule has 2 aromatic carbocycles. The summed E-state index contributed by atoms with van der Waals surface area (Å²) in [5.74, 6) is -1.36. The molecule has 1 aromatic heterocycles. The Morgan fingerprint density at radius 3 is 2.77 bits per heavy atom. The monoisotopic (exact) mass is 418 g/mol. The maximum absolute atomic E-state index is 13.2. The zero-order chi connectivity index (χ0) is 21.5. The van der Waals surface area contributed by atoms with Crippen LogP contribution in [0.5, 0.6) is 0 Å². The second kappa shape index (κ2) is 7.35. The van der Waals surface area contributed by atoms with E-state index in [-0.39, 0.29) is 18.0 Å². The number of hydrogen-bond donors (Lipinski definition) is 2. The van der Waals surface area contributed by atoms with E-state index in [0.717, 1.165) is 10.9 Å². The van der Waals surface area contributed by atoms with E-state index in [2.05, 4.69) is 15.8 Å². The van der Waals surface area contributed by atoms with Crippen molar-refractivity contribution in [2.24, 2.45) is 10.3 Å². The lowest BCUT2D eigenvalue weighted by Gasteiger charge is -2.29. The zero-order valence-electron chi connectivity index (χ0n) is 16.4. The fourth-order valence-electron chi connectivity index (χ4n) is 4.19. The number of amides is 1. The van der Waals surface area contributed by atoms with E-state index >= 15 is 0 Å². The molecule has 1 unspecified atom stereocenters. The number of nitrogens with one attached hydrogen (secondary N) is 1. The number of nitrogens with zero attached hydrogens (tertiary/aromatic N) is 3. The highest BCUT2D eigenvalue weighted by molar-refractivity contribution is 5.97. The normalized spacial score (nSPS) is 17.4. The second-order valence-electron chi connectivity index (χ2n) is 7.53. The Kier molecular flexibility index (Phi) is 4.50. The summed E-state index contributed by atoms with van der Waals surface area (Å²) in [6.45, 7) is 0.883. The van der Waals surface area contributed by atoms with E-state index in [9.17, 15) is 19.5 Å². The number of hydrogen-bond acceptors (Lipinski definition) is 7. The van der Waals surface area contributed by atoms with Gasteiger partial charge in [0.15, 0.2) is 0 Å². The first kappa shape index (κ1) is 19.0. The number of fused-ring (bicyclic) bond motifs is 3. The van der Waals surface area contributed by atoms with Crippen LogP contribution in [0.4, 0.5) is 0 Å². The predicted molar refractivity (Wildman–Crippen MR) is 110 cm³/mol. The van der Waals surface area contributed by atoms with Crippen molar-refractivity contribution in [1.82, 2.24) is 10.3 Å². The van der Waals surface area contributed by atoms with Gasteiger partial charge in [-0.3, -0.25) is 10.2 Å². The topological polar surface area (TPSA) is 125 Å². The summed E-state index contributed by atoms with van der Waals surface area (Å²) < 4.78 is 5.43. The van der Waals surface area contributed by atoms with Crippen molar-refractivity contribution in [2.45, 2.75) is 19.0 Å². The summed E-state index contributed by atoms with van der Waals surface area (Å²) in [4.78, 5) is 38.9. The van der Waals surface area contributed by atoms with Crippen molar-refractivity contribution in [2.75, 3.05) is 13.1 Å². The smallest absolute Gasteiger partial charge is 0.341 e. The molecule has 9 heteroatoms. The molecule has 2 N–H and O–H groups in total. The average Bonchev–Trinajstić information content (AvgIpc) is 3.33. The van der Waals surface area contributed by atoms with Crippen LogP contribution in [0.2, 0.25) is 0 Å². The lowest BCUT2D eigenvalue weighted by Crippen LogP contribution is -2.38. The minimum atomic E-state index is -1.08. The molecule has 0 radical (unpaired) electrons. The van der Waals surface area contributed by atoms with Gasteiger partial charge >= 0.3 is 11.6 Å². The van der Waals surface area contributed by atoms with Gasteiger partial charge in [0.25, 0.3) is 5.91 Å². The van der Waals surface area contributed by atoms with Gasteiger partial charge in [0, 0.05) is 17.5 Å². The summed E-state index contributed by atoms with van der Waals surface area (Å²) in [5.41, 5.74) is 5.16. The number of rotatable bonds is 3. The summed E-state index contributed by atoms with van der Waals surface area (Å²) >= 11 is 0. The van der Waals surface area contributed by atoms with Gasteiger partial charge in [-0.05, 0) is 41.8 Å². The van der Waals surface area contributed by atoms with Crippen LogP contribution < -0.4 is 11.1 Å². The van der Waals surface area contributed by atoms with Gasteiger partial charge in [0.05, 0.1) is 30.3 Å². The summed E-state index contributed by atoms with van der Waals surface area (Å²) in [5, 5.41) is 17.9. The SMILES string of the molecule is O=C(O)c1ccc(C(=O)N2CCc3c(c(=O)oc4ccccc34)C2)cc1C1CN=NN1. The molecule has 0 aliphatic carbocycles. The fraction of sp³-hybridized carbons (Fsp3) is 0.227. The Morgan fingerprint density at radius 2 is 2.00 bits per heavy atom. The van der Waals surface area contributed by atoms with E-state index in [1.165, 1.54) is 12.1 Å². The number of para-hydroxylation sites is 1. The van der Waals surface area contributed by atoms with Crippen molar-refractivity contribution >= 4 is 22.8 Å². The molecule has 9 nitrogen and oxygen atoms in total. The molecular formula is C22H18N4O5. The van der Waals surface area contributed by atoms with Crippen molar-refractivity contribution in [3.8, 4) is 0 Å². The van der Waals surface area contributed by atoms with Crippen LogP contribution in [-0.2, 0) is 13.0 Å². The zero-order valence-corrected chi connectivity index (χ0v) is 16.4. The number of benzene rings is 2. The third-order valence-corrected chi connectivity index (χ3v) is 5.75. The van der Waals surface area contributed by atoms with Crippen LogP contribution in [0.3, 0.4) is 0 Å². The number of aromatic carboxylic acids is 1. The highest BCUT2D eigenvalue weighted by Gasteiger charge is 2.28. The van der Waals surface area contributed by atoms with Crippen LogP contribution in [0.25, 0.3) is 11.0 Å². The van der Waals surface area contributed by atoms with Crippen LogP contribution in [0.1, 0.15) is 43.4 Å². The van der Waals surface area contributed by atoms with Crippen LogP contribution >= 0.6 is 0 Å². The van der Waals surface area contributed by atoms with Gasteiger partial charge < -0.3 is 14.4 Å². The average molecular weight is 418 g/mol. The van der Waals surface area contributed by atoms with Crippen molar-refractivity contribution in [3.63, 3.8) is 0 Å². The van der Waals surface area contributed by atoms with Gasteiger partial charge in [0.1, 0.15) is 5.58 Å². The Morgan fingerprint density at radius 1 is 1.16 bits per heavy atom. The van der Waals surface area contributed by atoms with Crippen molar-refractivity contribution < 1.29 is 19.1 Å². The number of carboxylic acid groups (broad SMARTS) is 1. The van der Waals surface area contributed by atoms with Gasteiger partial charge in [-0.2, -0.15) is 5.11 Å². The van der Waals surface area contributed by atoms with Gasteiger partial charge in [-0.25, -0.2) is 9.59 Å². The maximum Gasteiger partial charge on any atom is 0.341 e. The molecule has 31 heavy (non-hydrogen) atoms. The molecule has 156 valence electrons. The van der Waals surface area contributed by atoms with E-state index in [0.29, 0.717) is 41.8 Å². The molecule has 1 atom stereocenters. The fourth-order valence-corrected chi connectivity index (χ4v) is 4.19. The van der Waals surface area contributed by atoms with E-state index < -0.39 is 17.6 Å². The Balaban J connectivity index is 1.48. The first-order valence-corrected chi connectivity index (χ1v) is 9.85. The van der Waals surface area contributed by atoms with Crippen LogP contribution in [0, 0.1) is 0 Å². The Hall–Kier alpha value is -4.01. The third kappa shape index (κ3) is 3.24. The molecule has 3 heterocycles. The summed E-state index contributed by atoms with van der Waals surface area (Å²) in [6.07, 6.45) is 0.537. The molecule has 0 spiro atoms. The Bertz CT molecular complexity index is 1300. The van der Waals surface area contributed by atoms with Gasteiger partial charge in [-0.15, -0.1) is 0 Å². The summed E-state index contributed by atoms with van der Waals surface area (Å²) in [7, 11) is 0. The molecule has 1 amide bonds. The number of carboxylic acids is 1. The van der Waals surface area contributed by atoms with Crippen molar-refractivity contribution in [3.05, 3.63) is 80.7 Å². The highest BCUT2D eigenvalue weighted by atomic mass is 16.4. The third-order valence-electron chi connectivity index (χ3n) is 5.75. The first-order chi connectivity index (χ1) is 15.0. The molecule has 0 saturated heterocycles. The van der Waals surface area contributed by atoms with Crippen molar-refractivity contribution in [1.29, 1.82) is 0 Å². The molecule has 0 bridgehead atoms. The predicted octanol–water partition coefficient (Wildman–Crippen LogP) is 2.70. The minimum Gasteiger partial charge on any atom is -0.478 e. The largest absolute Gasteiger partial charge is 0.478 e. The van der Waals surface area contributed by atoms with Gasteiger partial charge in [-0.1, -0.05) is 23.4 Å². The molecule has 5 rings (SSSR count). The quantitative estimate of drug-likeness (QED) is 0.630. The lowest BCUT2D eigenvalue weighted by atomic mass is 9.95. The molecule has 3 aromatic rings. The van der Waals surface area contributed by atoms with Crippen LogP contribution in [-0.4, -0.2) is 35.0 Å². The van der Waals surface area contributed by atoms with E-state index in [1.807, 2.05) is 18.2 Å². The molecular weight excluding hydrogens is 400 g/mol. The Labute approximate surface area is 176 Å². The lowest BCUT2D eigenvalue weighted by molar-refractivity contribution is 0.0690. The molecule has 2 aliphatic heterocycles. The molecule has 0 saturated carbocycles. The van der Waals surface area contributed by atoms with E-state index in [1.54, 1.807) is 17.0 Å². The highest BCUT2D eigenvalue weighted by Crippen LogP contribution is 2.27. The first-order valence-electron chi connectivity index (χ1n) is 9.85. The molecule has 2 aliphatic rings. The molecule has 0 fully saturated rings. The standard InChI is InChI=1S/C22H18N4O5/c27-20(12-5-6-15(21(28)29)16(9-12)18-10-23-25-24-18)26-8-7-13-14-3-1-2-4-19(14)31-22(30)17(13)11-26/h1-6,9,18H,7-8,10-11H2,(H,23,24)(H,28,29). The minimum absolute atomic E-state index is 0.0949. The maximum atomic E-state index is 13.2. The summed E-state index contributed by atoms with van der Waals surface area (Å²) in [6, 6.07) is 11.5. The van der Waals surface area contributed by atoms with E-state index in [4.69, 9.17) is 4.42 Å². The van der Waals surface area contributed by atoms with Crippen LogP contribution in [0.15, 0.2) is 62.0 Å². The number of carbonyl (C=O) groups is 2. The van der Waals surface area contributed by atoms with Gasteiger partial charge in [0.2, 0.25) is 0 Å². The second-order valence-corrected chi connectivity index (χ2v) is 7.53.